The lowest BCUT2D eigenvalue weighted by molar-refractivity contribution is -0.0723. The molecule has 7 heteroatoms. The topological polar surface area (TPSA) is 66.5 Å². The molecule has 0 radical (unpaired) electrons. The van der Waals surface area contributed by atoms with Gasteiger partial charge in [-0.05, 0) is 12.1 Å². The minimum atomic E-state index is -3.75. The van der Waals surface area contributed by atoms with Crippen LogP contribution in [0.1, 0.15) is 11.6 Å². The molecule has 0 saturated heterocycles. The highest BCUT2D eigenvalue weighted by Gasteiger charge is 2.40. The Kier molecular flexibility index (Phi) is 3.67. The summed E-state index contributed by atoms with van der Waals surface area (Å²) in [7, 11) is 0. The molecule has 0 amide bonds. The molecule has 16 heavy (non-hydrogen) atoms. The van der Waals surface area contributed by atoms with Crippen LogP contribution in [0.25, 0.3) is 0 Å². The van der Waals surface area contributed by atoms with E-state index < -0.39 is 35.7 Å². The normalized spacial score (nSPS) is 13.9. The van der Waals surface area contributed by atoms with Gasteiger partial charge in [0.25, 0.3) is 5.92 Å². The number of hydrogen-bond donors (Lipinski definition) is 3. The molecule has 0 aromatic heterocycles. The molecule has 1 atom stereocenters. The zero-order chi connectivity index (χ0) is 12.5. The molecule has 0 aliphatic carbocycles. The van der Waals surface area contributed by atoms with Crippen LogP contribution in [0.15, 0.2) is 12.1 Å². The molecule has 0 fully saturated rings. The van der Waals surface area contributed by atoms with Gasteiger partial charge in [0, 0.05) is 0 Å². The molecular weight excluding hydrogens is 247 g/mol. The van der Waals surface area contributed by atoms with Gasteiger partial charge in [-0.2, -0.15) is 0 Å². The fourth-order valence-corrected chi connectivity index (χ4v) is 1.33. The molecule has 0 bridgehead atoms. The molecule has 4 N–H and O–H groups in total. The van der Waals surface area contributed by atoms with Gasteiger partial charge in [-0.3, -0.25) is 0 Å². The number of aliphatic hydroxyl groups is 1. The van der Waals surface area contributed by atoms with Gasteiger partial charge in [-0.15, -0.1) is 0 Å². The number of benzene rings is 1. The van der Waals surface area contributed by atoms with Gasteiger partial charge in [0.1, 0.15) is 24.2 Å². The molecule has 1 rings (SSSR count). The van der Waals surface area contributed by atoms with Crippen molar-refractivity contribution >= 4 is 11.6 Å². The third-order valence-corrected chi connectivity index (χ3v) is 2.40. The van der Waals surface area contributed by atoms with Crippen LogP contribution >= 0.6 is 11.6 Å². The fraction of sp³-hybridized carbons (Fsp3) is 0.333. The number of halogens is 4. The van der Waals surface area contributed by atoms with Gasteiger partial charge in [0.05, 0.1) is 10.6 Å². The zero-order valence-corrected chi connectivity index (χ0v) is 8.68. The largest absolute Gasteiger partial charge is 0.506 e. The van der Waals surface area contributed by atoms with Crippen molar-refractivity contribution in [2.45, 2.75) is 12.0 Å². The summed E-state index contributed by atoms with van der Waals surface area (Å²) in [6, 6.07) is -0.347. The van der Waals surface area contributed by atoms with Crippen molar-refractivity contribution in [2.75, 3.05) is 6.61 Å². The second kappa shape index (κ2) is 4.48. The number of aromatic hydroxyl groups is 1. The molecule has 0 heterocycles. The second-order valence-electron chi connectivity index (χ2n) is 3.19. The van der Waals surface area contributed by atoms with Crippen LogP contribution in [0.5, 0.6) is 5.75 Å². The van der Waals surface area contributed by atoms with Crippen molar-refractivity contribution in [1.29, 1.82) is 0 Å². The van der Waals surface area contributed by atoms with Gasteiger partial charge in [-0.25, -0.2) is 13.2 Å². The number of nitrogens with two attached hydrogens (primary N) is 1. The number of alkyl halides is 2. The van der Waals surface area contributed by atoms with Crippen LogP contribution in [0, 0.1) is 5.82 Å². The summed E-state index contributed by atoms with van der Waals surface area (Å²) in [4.78, 5) is 0. The highest BCUT2D eigenvalue weighted by atomic mass is 35.5. The summed E-state index contributed by atoms with van der Waals surface area (Å²) in [5, 5.41) is 17.5. The van der Waals surface area contributed by atoms with E-state index in [0.717, 1.165) is 12.1 Å². The Labute approximate surface area is 94.3 Å². The van der Waals surface area contributed by atoms with Gasteiger partial charge in [0.15, 0.2) is 0 Å². The highest BCUT2D eigenvalue weighted by Crippen LogP contribution is 2.38. The van der Waals surface area contributed by atoms with Crippen LogP contribution in [0.4, 0.5) is 13.2 Å². The Morgan fingerprint density at radius 2 is 2.00 bits per heavy atom. The summed E-state index contributed by atoms with van der Waals surface area (Å²) in [5.74, 6) is -5.70. The molecule has 0 aliphatic rings. The number of aliphatic hydroxyl groups excluding tert-OH is 1. The van der Waals surface area contributed by atoms with Crippen LogP contribution in [0.3, 0.4) is 0 Å². The van der Waals surface area contributed by atoms with Gasteiger partial charge in [0.2, 0.25) is 0 Å². The molecular formula is C9H9ClF3NO2. The first-order valence-electron chi connectivity index (χ1n) is 4.22. The number of hydrogen-bond acceptors (Lipinski definition) is 3. The molecule has 0 saturated carbocycles. The summed E-state index contributed by atoms with van der Waals surface area (Å²) >= 11 is 5.44. The lowest BCUT2D eigenvalue weighted by Gasteiger charge is -2.23. The van der Waals surface area contributed by atoms with E-state index in [2.05, 4.69) is 0 Å². The van der Waals surface area contributed by atoms with Crippen molar-refractivity contribution in [3.05, 3.63) is 28.5 Å². The first-order valence-corrected chi connectivity index (χ1v) is 4.60. The van der Waals surface area contributed by atoms with E-state index in [-0.39, 0.29) is 5.02 Å². The summed E-state index contributed by atoms with van der Waals surface area (Å²) in [6.07, 6.45) is 0. The second-order valence-corrected chi connectivity index (χ2v) is 3.60. The molecule has 1 aromatic rings. The Balaban J connectivity index is 3.28. The van der Waals surface area contributed by atoms with Crippen LogP contribution in [0.2, 0.25) is 5.02 Å². The first-order chi connectivity index (χ1) is 7.31. The minimum absolute atomic E-state index is 0.291. The maximum Gasteiger partial charge on any atom is 0.289 e. The van der Waals surface area contributed by atoms with Crippen molar-refractivity contribution in [3.63, 3.8) is 0 Å². The Bertz CT molecular complexity index is 401. The Morgan fingerprint density at radius 3 is 2.50 bits per heavy atom. The minimum Gasteiger partial charge on any atom is -0.506 e. The van der Waals surface area contributed by atoms with Crippen LogP contribution < -0.4 is 5.73 Å². The van der Waals surface area contributed by atoms with Crippen molar-refractivity contribution in [1.82, 2.24) is 0 Å². The lowest BCUT2D eigenvalue weighted by Crippen LogP contribution is -2.36. The van der Waals surface area contributed by atoms with E-state index in [1.165, 1.54) is 0 Å². The fourth-order valence-electron chi connectivity index (χ4n) is 1.16. The number of rotatable bonds is 3. The monoisotopic (exact) mass is 255 g/mol. The molecule has 1 aromatic carbocycles. The molecule has 90 valence electrons. The first kappa shape index (κ1) is 13.1. The quantitative estimate of drug-likeness (QED) is 0.772. The number of phenolic OH excluding ortho intramolecular Hbond substituents is 1. The Morgan fingerprint density at radius 1 is 1.44 bits per heavy atom. The van der Waals surface area contributed by atoms with E-state index >= 15 is 0 Å². The van der Waals surface area contributed by atoms with E-state index in [0.29, 0.717) is 0 Å². The summed E-state index contributed by atoms with van der Waals surface area (Å²) < 4.78 is 39.3. The van der Waals surface area contributed by atoms with E-state index in [4.69, 9.17) is 22.4 Å². The maximum atomic E-state index is 13.2. The zero-order valence-electron chi connectivity index (χ0n) is 7.92. The molecule has 0 spiro atoms. The van der Waals surface area contributed by atoms with Crippen molar-refractivity contribution in [3.8, 4) is 5.75 Å². The van der Waals surface area contributed by atoms with Gasteiger partial charge in [-0.1, -0.05) is 11.6 Å². The smallest absolute Gasteiger partial charge is 0.289 e. The maximum absolute atomic E-state index is 13.2. The van der Waals surface area contributed by atoms with E-state index in [9.17, 15) is 18.3 Å². The van der Waals surface area contributed by atoms with Crippen LogP contribution in [-0.2, 0) is 0 Å². The highest BCUT2D eigenvalue weighted by molar-refractivity contribution is 6.32. The Hall–Kier alpha value is -0.980. The summed E-state index contributed by atoms with van der Waals surface area (Å²) in [6.45, 7) is -1.56. The predicted molar refractivity (Wildman–Crippen MR) is 52.0 cm³/mol. The standard InChI is InChI=1S/C9H9ClF3NO2/c10-4-1-2-5(11)6(7(4)16)8(14)9(12,13)3-15/h1-2,8,15-16H,3,14H2/t8-/m0/s1. The average molecular weight is 256 g/mol. The third kappa shape index (κ3) is 2.23. The van der Waals surface area contributed by atoms with Gasteiger partial charge < -0.3 is 15.9 Å². The molecule has 0 unspecified atom stereocenters. The average Bonchev–Trinajstić information content (AvgIpc) is 2.24. The van der Waals surface area contributed by atoms with E-state index in [1.807, 2.05) is 0 Å². The van der Waals surface area contributed by atoms with Crippen molar-refractivity contribution in [2.24, 2.45) is 5.73 Å². The van der Waals surface area contributed by atoms with E-state index in [1.54, 1.807) is 0 Å². The lowest BCUT2D eigenvalue weighted by atomic mass is 10.0. The molecule has 3 nitrogen and oxygen atoms in total. The summed E-state index contributed by atoms with van der Waals surface area (Å²) in [5.41, 5.74) is 4.27. The SMILES string of the molecule is N[C@@H](c1c(F)ccc(Cl)c1O)C(F)(F)CO. The predicted octanol–water partition coefficient (Wildman–Crippen LogP) is 1.81. The van der Waals surface area contributed by atoms with Gasteiger partial charge >= 0.3 is 0 Å². The van der Waals surface area contributed by atoms with Crippen LogP contribution in [-0.4, -0.2) is 22.7 Å². The molecule has 0 aliphatic heterocycles. The van der Waals surface area contributed by atoms with Crippen molar-refractivity contribution < 1.29 is 23.4 Å². The number of phenols is 1. The third-order valence-electron chi connectivity index (χ3n) is 2.09.